The molecular weight excluding hydrogens is 326 g/mol. The molecule has 0 spiro atoms. The number of hydrogen-bond donors (Lipinski definition) is 0. The number of methoxy groups -OCH3 is 1. The summed E-state index contributed by atoms with van der Waals surface area (Å²) in [6, 6.07) is 18.0. The minimum atomic E-state index is 0.0329. The normalized spacial score (nSPS) is 13.4. The van der Waals surface area contributed by atoms with Gasteiger partial charge in [-0.3, -0.25) is 4.79 Å². The molecule has 1 aliphatic rings. The molecule has 1 heterocycles. The molecular formula is C21H21N3O2. The van der Waals surface area contributed by atoms with Crippen LogP contribution in [0.1, 0.15) is 28.8 Å². The molecule has 4 rings (SSSR count). The molecule has 1 aromatic heterocycles. The van der Waals surface area contributed by atoms with Gasteiger partial charge in [0.25, 0.3) is 5.91 Å². The lowest BCUT2D eigenvalue weighted by atomic mass is 10.2. The van der Waals surface area contributed by atoms with Crippen LogP contribution in [0, 0.1) is 0 Å². The zero-order chi connectivity index (χ0) is 17.9. The van der Waals surface area contributed by atoms with Crippen LogP contribution in [0.3, 0.4) is 0 Å². The van der Waals surface area contributed by atoms with Gasteiger partial charge >= 0.3 is 0 Å². The fourth-order valence-electron chi connectivity index (χ4n) is 3.00. The van der Waals surface area contributed by atoms with Crippen molar-refractivity contribution in [2.75, 3.05) is 7.11 Å². The van der Waals surface area contributed by atoms with Crippen molar-refractivity contribution in [1.29, 1.82) is 0 Å². The number of benzene rings is 2. The molecule has 0 N–H and O–H groups in total. The van der Waals surface area contributed by atoms with Gasteiger partial charge in [-0.05, 0) is 42.7 Å². The first-order valence-electron chi connectivity index (χ1n) is 8.78. The number of aromatic nitrogens is 2. The van der Waals surface area contributed by atoms with Crippen molar-refractivity contribution >= 4 is 5.91 Å². The first-order valence-corrected chi connectivity index (χ1v) is 8.78. The van der Waals surface area contributed by atoms with E-state index in [2.05, 4.69) is 5.10 Å². The summed E-state index contributed by atoms with van der Waals surface area (Å²) in [5, 5.41) is 4.35. The minimum absolute atomic E-state index is 0.0329. The van der Waals surface area contributed by atoms with Crippen LogP contribution < -0.4 is 4.74 Å². The van der Waals surface area contributed by atoms with Gasteiger partial charge in [0.05, 0.1) is 24.6 Å². The van der Waals surface area contributed by atoms with Crippen LogP contribution in [0.25, 0.3) is 5.69 Å². The second-order valence-electron chi connectivity index (χ2n) is 6.52. The van der Waals surface area contributed by atoms with Crippen molar-refractivity contribution in [3.8, 4) is 11.4 Å². The Bertz CT molecular complexity index is 883. The zero-order valence-electron chi connectivity index (χ0n) is 14.7. The van der Waals surface area contributed by atoms with E-state index in [-0.39, 0.29) is 5.91 Å². The van der Waals surface area contributed by atoms with Gasteiger partial charge in [0.15, 0.2) is 0 Å². The van der Waals surface area contributed by atoms with Crippen molar-refractivity contribution in [2.45, 2.75) is 25.4 Å². The lowest BCUT2D eigenvalue weighted by molar-refractivity contribution is 0.0730. The summed E-state index contributed by atoms with van der Waals surface area (Å²) in [5.41, 5.74) is 2.66. The van der Waals surface area contributed by atoms with Crippen molar-refractivity contribution in [2.24, 2.45) is 0 Å². The molecule has 1 fully saturated rings. The molecule has 0 saturated heterocycles. The average Bonchev–Trinajstić information content (AvgIpc) is 3.42. The van der Waals surface area contributed by atoms with Gasteiger partial charge < -0.3 is 9.64 Å². The smallest absolute Gasteiger partial charge is 0.257 e. The Balaban J connectivity index is 1.53. The molecule has 5 heteroatoms. The number of hydrogen-bond acceptors (Lipinski definition) is 3. The van der Waals surface area contributed by atoms with E-state index < -0.39 is 0 Å². The number of amides is 1. The molecule has 0 atom stereocenters. The second-order valence-corrected chi connectivity index (χ2v) is 6.52. The Hall–Kier alpha value is -3.08. The van der Waals surface area contributed by atoms with E-state index in [1.165, 1.54) is 0 Å². The third-order valence-corrected chi connectivity index (χ3v) is 4.61. The number of carbonyl (C=O) groups is 1. The van der Waals surface area contributed by atoms with Crippen LogP contribution in [0.4, 0.5) is 0 Å². The number of para-hydroxylation sites is 1. The van der Waals surface area contributed by atoms with Crippen molar-refractivity contribution in [1.82, 2.24) is 14.7 Å². The molecule has 1 saturated carbocycles. The summed E-state index contributed by atoms with van der Waals surface area (Å²) in [6.07, 6.45) is 5.59. The summed E-state index contributed by atoms with van der Waals surface area (Å²) in [5.74, 6) is 0.854. The first kappa shape index (κ1) is 16.4. The molecule has 0 bridgehead atoms. The van der Waals surface area contributed by atoms with Crippen LogP contribution in [0.15, 0.2) is 67.0 Å². The highest BCUT2D eigenvalue weighted by Crippen LogP contribution is 2.30. The molecule has 1 aliphatic carbocycles. The summed E-state index contributed by atoms with van der Waals surface area (Å²) < 4.78 is 6.95. The van der Waals surface area contributed by atoms with Crippen LogP contribution in [0.2, 0.25) is 0 Å². The quantitative estimate of drug-likeness (QED) is 0.683. The van der Waals surface area contributed by atoms with Crippen molar-refractivity contribution < 1.29 is 9.53 Å². The maximum absolute atomic E-state index is 13.0. The third-order valence-electron chi connectivity index (χ3n) is 4.61. The van der Waals surface area contributed by atoms with Crippen LogP contribution >= 0.6 is 0 Å². The minimum Gasteiger partial charge on any atom is -0.497 e. The van der Waals surface area contributed by atoms with Gasteiger partial charge in [0.1, 0.15) is 5.75 Å². The highest BCUT2D eigenvalue weighted by atomic mass is 16.5. The van der Waals surface area contributed by atoms with E-state index in [1.807, 2.05) is 59.5 Å². The van der Waals surface area contributed by atoms with Gasteiger partial charge in [-0.1, -0.05) is 30.3 Å². The van der Waals surface area contributed by atoms with E-state index in [1.54, 1.807) is 24.2 Å². The summed E-state index contributed by atoms with van der Waals surface area (Å²) >= 11 is 0. The summed E-state index contributed by atoms with van der Waals surface area (Å²) in [4.78, 5) is 15.0. The Morgan fingerprint density at radius 3 is 2.54 bits per heavy atom. The molecule has 1 amide bonds. The molecule has 5 nitrogen and oxygen atoms in total. The average molecular weight is 347 g/mol. The Morgan fingerprint density at radius 1 is 1.15 bits per heavy atom. The maximum atomic E-state index is 13.0. The van der Waals surface area contributed by atoms with Crippen LogP contribution in [0.5, 0.6) is 5.75 Å². The topological polar surface area (TPSA) is 47.4 Å². The van der Waals surface area contributed by atoms with Crippen molar-refractivity contribution in [3.05, 3.63) is 78.1 Å². The molecule has 0 aliphatic heterocycles. The van der Waals surface area contributed by atoms with E-state index in [4.69, 9.17) is 4.74 Å². The van der Waals surface area contributed by atoms with E-state index >= 15 is 0 Å². The molecule has 0 radical (unpaired) electrons. The molecule has 0 unspecified atom stereocenters. The fourth-order valence-corrected chi connectivity index (χ4v) is 3.00. The lowest BCUT2D eigenvalue weighted by Gasteiger charge is -2.22. The molecule has 132 valence electrons. The Labute approximate surface area is 152 Å². The zero-order valence-corrected chi connectivity index (χ0v) is 14.7. The fraction of sp³-hybridized carbons (Fsp3) is 0.238. The van der Waals surface area contributed by atoms with Gasteiger partial charge in [0.2, 0.25) is 0 Å². The molecule has 3 aromatic rings. The summed E-state index contributed by atoms with van der Waals surface area (Å²) in [6.45, 7) is 0.601. The number of ether oxygens (including phenoxy) is 1. The standard InChI is InChI=1S/C21H21N3O2/c1-26-20-11-7-16(8-12-20)14-23(18-9-10-18)21(25)17-13-22-24(15-17)19-5-3-2-4-6-19/h2-8,11-13,15,18H,9-10,14H2,1H3. The SMILES string of the molecule is COc1ccc(CN(C(=O)c2cnn(-c3ccccc3)c2)C2CC2)cc1. The molecule has 2 aromatic carbocycles. The van der Waals surface area contributed by atoms with E-state index in [9.17, 15) is 4.79 Å². The van der Waals surface area contributed by atoms with E-state index in [0.717, 1.165) is 29.8 Å². The summed E-state index contributed by atoms with van der Waals surface area (Å²) in [7, 11) is 1.65. The molecule has 26 heavy (non-hydrogen) atoms. The third kappa shape index (κ3) is 3.47. The van der Waals surface area contributed by atoms with Crippen LogP contribution in [-0.2, 0) is 6.54 Å². The Kier molecular flexibility index (Phi) is 4.44. The lowest BCUT2D eigenvalue weighted by Crippen LogP contribution is -2.32. The van der Waals surface area contributed by atoms with Gasteiger partial charge in [-0.15, -0.1) is 0 Å². The second kappa shape index (κ2) is 7.04. The van der Waals surface area contributed by atoms with Gasteiger partial charge in [-0.2, -0.15) is 5.10 Å². The first-order chi connectivity index (χ1) is 12.7. The monoisotopic (exact) mass is 347 g/mol. The number of carbonyl (C=O) groups excluding carboxylic acids is 1. The van der Waals surface area contributed by atoms with Gasteiger partial charge in [-0.25, -0.2) is 4.68 Å². The number of rotatable bonds is 6. The van der Waals surface area contributed by atoms with Crippen molar-refractivity contribution in [3.63, 3.8) is 0 Å². The number of nitrogens with zero attached hydrogens (tertiary/aromatic N) is 3. The predicted molar refractivity (Wildman–Crippen MR) is 99.5 cm³/mol. The largest absolute Gasteiger partial charge is 0.497 e. The van der Waals surface area contributed by atoms with Crippen LogP contribution in [-0.4, -0.2) is 33.7 Å². The highest BCUT2D eigenvalue weighted by Gasteiger charge is 2.33. The highest BCUT2D eigenvalue weighted by molar-refractivity contribution is 5.94. The van der Waals surface area contributed by atoms with Gasteiger partial charge in [0, 0.05) is 18.8 Å². The maximum Gasteiger partial charge on any atom is 0.257 e. The predicted octanol–water partition coefficient (Wildman–Crippen LogP) is 3.69. The Morgan fingerprint density at radius 2 is 1.88 bits per heavy atom. The van der Waals surface area contributed by atoms with E-state index in [0.29, 0.717) is 18.2 Å².